The zero-order valence-electron chi connectivity index (χ0n) is 15.1. The Morgan fingerprint density at radius 2 is 1.63 bits per heavy atom. The first-order valence-corrected chi connectivity index (χ1v) is 9.26. The molecule has 0 spiro atoms. The summed E-state index contributed by atoms with van der Waals surface area (Å²) in [7, 11) is 0. The molecule has 2 fully saturated rings. The summed E-state index contributed by atoms with van der Waals surface area (Å²) in [5.74, 6) is -2.14. The number of carbonyl (C=O) groups is 4. The minimum atomic E-state index is -0.934. The molecule has 2 aliphatic heterocycles. The number of urea groups is 1. The van der Waals surface area contributed by atoms with E-state index in [2.05, 4.69) is 4.90 Å². The smallest absolute Gasteiger partial charge is 0.334 e. The second-order valence-electron chi connectivity index (χ2n) is 6.45. The van der Waals surface area contributed by atoms with Gasteiger partial charge in [0.05, 0.1) is 10.7 Å². The molecule has 0 N–H and O–H groups in total. The highest BCUT2D eigenvalue weighted by Gasteiger charge is 2.45. The van der Waals surface area contributed by atoms with Gasteiger partial charge in [-0.3, -0.25) is 19.3 Å². The van der Waals surface area contributed by atoms with Gasteiger partial charge in [0.15, 0.2) is 0 Å². The second-order valence-corrected chi connectivity index (χ2v) is 6.86. The third kappa shape index (κ3) is 3.75. The van der Waals surface area contributed by atoms with Crippen LogP contribution in [-0.4, -0.2) is 77.7 Å². The molecule has 27 heavy (non-hydrogen) atoms. The number of imide groups is 2. The lowest BCUT2D eigenvalue weighted by molar-refractivity contribution is -0.145. The van der Waals surface area contributed by atoms with Crippen LogP contribution < -0.4 is 4.90 Å². The number of benzene rings is 1. The molecule has 9 heteroatoms. The predicted molar refractivity (Wildman–Crippen MR) is 99.4 cm³/mol. The van der Waals surface area contributed by atoms with Crippen molar-refractivity contribution in [1.29, 1.82) is 0 Å². The molecule has 0 bridgehead atoms. The first kappa shape index (κ1) is 19.2. The highest BCUT2D eigenvalue weighted by Crippen LogP contribution is 2.26. The molecular formula is C18H21ClN4O4. The van der Waals surface area contributed by atoms with Gasteiger partial charge in [-0.15, -0.1) is 0 Å². The summed E-state index contributed by atoms with van der Waals surface area (Å²) in [6, 6.07) is 6.80. The molecule has 144 valence electrons. The van der Waals surface area contributed by atoms with E-state index < -0.39 is 24.4 Å². The van der Waals surface area contributed by atoms with E-state index in [0.717, 1.165) is 15.5 Å². The van der Waals surface area contributed by atoms with Crippen LogP contribution in [0.15, 0.2) is 24.3 Å². The summed E-state index contributed by atoms with van der Waals surface area (Å²) in [5.41, 5.74) is 0.914. The molecule has 2 heterocycles. The minimum absolute atomic E-state index is 0.171. The summed E-state index contributed by atoms with van der Waals surface area (Å²) in [6.07, 6.45) is 0.552. The predicted octanol–water partition coefficient (Wildman–Crippen LogP) is 1.19. The van der Waals surface area contributed by atoms with E-state index in [1.54, 1.807) is 11.8 Å². The number of carbonyl (C=O) groups excluding carboxylic acids is 4. The Morgan fingerprint density at radius 3 is 2.26 bits per heavy atom. The number of amides is 5. The largest absolute Gasteiger partial charge is 0.367 e. The van der Waals surface area contributed by atoms with E-state index in [1.807, 2.05) is 24.3 Å². The van der Waals surface area contributed by atoms with E-state index in [4.69, 9.17) is 11.6 Å². The van der Waals surface area contributed by atoms with Gasteiger partial charge in [0, 0.05) is 32.7 Å². The van der Waals surface area contributed by atoms with Crippen molar-refractivity contribution < 1.29 is 19.2 Å². The van der Waals surface area contributed by atoms with E-state index in [0.29, 0.717) is 37.6 Å². The number of piperazine rings is 1. The van der Waals surface area contributed by atoms with Gasteiger partial charge in [0.25, 0.3) is 0 Å². The standard InChI is InChI=1S/C18H21ClN4O4/c1-2-7-22-16(25)17(26)23(18(22)27)12-15(24)21-10-8-20(9-11-21)14-6-4-3-5-13(14)19/h3-6H,2,7-12H2,1H3. The normalized spacial score (nSPS) is 17.9. The lowest BCUT2D eigenvalue weighted by Crippen LogP contribution is -2.52. The SMILES string of the molecule is CCCN1C(=O)C(=O)N(CC(=O)N2CCN(c3ccccc3Cl)CC2)C1=O. The quantitative estimate of drug-likeness (QED) is 0.555. The molecule has 1 aromatic rings. The van der Waals surface area contributed by atoms with E-state index in [9.17, 15) is 19.2 Å². The molecule has 2 saturated heterocycles. The van der Waals surface area contributed by atoms with Crippen LogP contribution in [-0.2, 0) is 14.4 Å². The minimum Gasteiger partial charge on any atom is -0.367 e. The Labute approximate surface area is 162 Å². The van der Waals surface area contributed by atoms with Crippen molar-refractivity contribution in [3.63, 3.8) is 0 Å². The average molecular weight is 393 g/mol. The molecule has 3 rings (SSSR count). The van der Waals surface area contributed by atoms with Gasteiger partial charge in [0.1, 0.15) is 6.54 Å². The lowest BCUT2D eigenvalue weighted by Gasteiger charge is -2.36. The van der Waals surface area contributed by atoms with Gasteiger partial charge in [-0.2, -0.15) is 0 Å². The Morgan fingerprint density at radius 1 is 1.00 bits per heavy atom. The number of halogens is 1. The van der Waals surface area contributed by atoms with E-state index >= 15 is 0 Å². The summed E-state index contributed by atoms with van der Waals surface area (Å²) < 4.78 is 0. The van der Waals surface area contributed by atoms with Crippen LogP contribution in [0.1, 0.15) is 13.3 Å². The highest BCUT2D eigenvalue weighted by molar-refractivity contribution is 6.45. The molecule has 8 nitrogen and oxygen atoms in total. The number of rotatable bonds is 5. The van der Waals surface area contributed by atoms with Crippen LogP contribution in [0.3, 0.4) is 0 Å². The fourth-order valence-corrected chi connectivity index (χ4v) is 3.51. The van der Waals surface area contributed by atoms with Crippen molar-refractivity contribution in [2.24, 2.45) is 0 Å². The third-order valence-corrected chi connectivity index (χ3v) is 5.02. The molecule has 2 aliphatic rings. The fraction of sp³-hybridized carbons (Fsp3) is 0.444. The number of hydrogen-bond acceptors (Lipinski definition) is 5. The van der Waals surface area contributed by atoms with Crippen molar-refractivity contribution in [3.05, 3.63) is 29.3 Å². The van der Waals surface area contributed by atoms with Gasteiger partial charge in [-0.25, -0.2) is 9.69 Å². The maximum absolute atomic E-state index is 12.5. The van der Waals surface area contributed by atoms with Crippen molar-refractivity contribution in [3.8, 4) is 0 Å². The molecule has 0 saturated carbocycles. The van der Waals surface area contributed by atoms with Crippen LogP contribution in [0.5, 0.6) is 0 Å². The molecule has 1 aromatic carbocycles. The van der Waals surface area contributed by atoms with Crippen LogP contribution in [0.4, 0.5) is 10.5 Å². The van der Waals surface area contributed by atoms with Gasteiger partial charge in [0.2, 0.25) is 5.91 Å². The highest BCUT2D eigenvalue weighted by atomic mass is 35.5. The Hall–Kier alpha value is -2.61. The Bertz CT molecular complexity index is 776. The maximum atomic E-state index is 12.5. The number of hydrogen-bond donors (Lipinski definition) is 0. The second kappa shape index (κ2) is 7.96. The van der Waals surface area contributed by atoms with Crippen molar-refractivity contribution in [2.75, 3.05) is 44.2 Å². The van der Waals surface area contributed by atoms with E-state index in [-0.39, 0.29) is 12.5 Å². The van der Waals surface area contributed by atoms with Crippen molar-refractivity contribution in [2.45, 2.75) is 13.3 Å². The Balaban J connectivity index is 1.59. The van der Waals surface area contributed by atoms with Crippen LogP contribution >= 0.6 is 11.6 Å². The summed E-state index contributed by atoms with van der Waals surface area (Å²) in [5, 5.41) is 0.653. The molecule has 0 unspecified atom stereocenters. The topological polar surface area (TPSA) is 81.2 Å². The van der Waals surface area contributed by atoms with E-state index in [1.165, 1.54) is 0 Å². The number of nitrogens with zero attached hydrogens (tertiary/aromatic N) is 4. The zero-order chi connectivity index (χ0) is 19.6. The summed E-state index contributed by atoms with van der Waals surface area (Å²) in [6.45, 7) is 3.66. The zero-order valence-corrected chi connectivity index (χ0v) is 15.8. The third-order valence-electron chi connectivity index (χ3n) is 4.70. The maximum Gasteiger partial charge on any atom is 0.334 e. The van der Waals surface area contributed by atoms with Crippen LogP contribution in [0, 0.1) is 0 Å². The van der Waals surface area contributed by atoms with Crippen molar-refractivity contribution >= 4 is 41.0 Å². The number of anilines is 1. The van der Waals surface area contributed by atoms with Gasteiger partial charge in [-0.05, 0) is 18.6 Å². The molecular weight excluding hydrogens is 372 g/mol. The summed E-state index contributed by atoms with van der Waals surface area (Å²) in [4.78, 5) is 54.0. The number of para-hydroxylation sites is 1. The fourth-order valence-electron chi connectivity index (χ4n) is 3.25. The average Bonchev–Trinajstić information content (AvgIpc) is 2.87. The molecule has 0 aromatic heterocycles. The van der Waals surface area contributed by atoms with Gasteiger partial charge in [-0.1, -0.05) is 30.7 Å². The van der Waals surface area contributed by atoms with Crippen LogP contribution in [0.25, 0.3) is 0 Å². The van der Waals surface area contributed by atoms with Crippen molar-refractivity contribution in [1.82, 2.24) is 14.7 Å². The van der Waals surface area contributed by atoms with Gasteiger partial charge >= 0.3 is 17.8 Å². The lowest BCUT2D eigenvalue weighted by atomic mass is 10.2. The Kier molecular flexibility index (Phi) is 5.65. The summed E-state index contributed by atoms with van der Waals surface area (Å²) >= 11 is 6.21. The van der Waals surface area contributed by atoms with Crippen LogP contribution in [0.2, 0.25) is 5.02 Å². The molecule has 5 amide bonds. The monoisotopic (exact) mass is 392 g/mol. The first-order chi connectivity index (χ1) is 12.9. The molecule has 0 radical (unpaired) electrons. The molecule has 0 atom stereocenters. The molecule has 0 aliphatic carbocycles. The first-order valence-electron chi connectivity index (χ1n) is 8.88. The van der Waals surface area contributed by atoms with Gasteiger partial charge < -0.3 is 9.80 Å².